The van der Waals surface area contributed by atoms with Gasteiger partial charge in [0.05, 0.1) is 6.42 Å². The first-order valence-corrected chi connectivity index (χ1v) is 2.24. The molecule has 0 aliphatic carbocycles. The molecular formula is C4H9NO4S. The monoisotopic (exact) mass is 167 g/mol. The molecule has 0 aromatic heterocycles. The van der Waals surface area contributed by atoms with Crippen LogP contribution in [0.1, 0.15) is 6.42 Å². The number of aliphatic carboxylic acids is 2. The molecule has 60 valence electrons. The van der Waals surface area contributed by atoms with Crippen molar-refractivity contribution in [2.75, 3.05) is 0 Å². The zero-order chi connectivity index (χ0) is 7.44. The van der Waals surface area contributed by atoms with Crippen molar-refractivity contribution >= 4 is 25.4 Å². The highest BCUT2D eigenvalue weighted by Crippen LogP contribution is 1.86. The summed E-state index contributed by atoms with van der Waals surface area (Å²) in [4.78, 5) is 19.6. The maximum Gasteiger partial charge on any atom is 0.321 e. The van der Waals surface area contributed by atoms with Gasteiger partial charge in [-0.15, -0.1) is 0 Å². The fraction of sp³-hybridized carbons (Fsp3) is 0.500. The van der Waals surface area contributed by atoms with Crippen LogP contribution < -0.4 is 5.73 Å². The first-order chi connectivity index (χ1) is 4.04. The summed E-state index contributed by atoms with van der Waals surface area (Å²) in [5.74, 6) is -2.50. The Kier molecular flexibility index (Phi) is 6.07. The SMILES string of the molecule is N[C@@H](CC(=O)O)C(=O)O.S. The first kappa shape index (κ1) is 12.0. The number of carboxylic acids is 2. The molecule has 6 heteroatoms. The minimum Gasteiger partial charge on any atom is -0.481 e. The molecule has 0 bridgehead atoms. The third-order valence-electron chi connectivity index (χ3n) is 0.712. The molecule has 5 nitrogen and oxygen atoms in total. The van der Waals surface area contributed by atoms with Gasteiger partial charge in [0.15, 0.2) is 0 Å². The molecule has 10 heavy (non-hydrogen) atoms. The first-order valence-electron chi connectivity index (χ1n) is 2.24. The highest BCUT2D eigenvalue weighted by molar-refractivity contribution is 7.59. The Labute approximate surface area is 64.3 Å². The number of hydrogen-bond donors (Lipinski definition) is 3. The predicted octanol–water partition coefficient (Wildman–Crippen LogP) is -1.01. The zero-order valence-corrected chi connectivity index (χ0v) is 6.07. The molecular weight excluding hydrogens is 158 g/mol. The van der Waals surface area contributed by atoms with Gasteiger partial charge in [-0.1, -0.05) is 0 Å². The standard InChI is InChI=1S/C4H7NO4.H2S/c5-2(4(8)9)1-3(6)7;/h2H,1,5H2,(H,6,7)(H,8,9);1H2/t2-;/m0./s1. The maximum atomic E-state index is 9.85. The lowest BCUT2D eigenvalue weighted by Crippen LogP contribution is -2.32. The Hall–Kier alpha value is -0.750. The van der Waals surface area contributed by atoms with Crippen LogP contribution in [0.3, 0.4) is 0 Å². The summed E-state index contributed by atoms with van der Waals surface area (Å²) < 4.78 is 0. The summed E-state index contributed by atoms with van der Waals surface area (Å²) in [5, 5.41) is 16.0. The molecule has 0 heterocycles. The molecule has 0 spiro atoms. The highest BCUT2D eigenvalue weighted by Gasteiger charge is 2.14. The average Bonchev–Trinajstić information content (AvgIpc) is 1.63. The average molecular weight is 167 g/mol. The van der Waals surface area contributed by atoms with Crippen molar-refractivity contribution < 1.29 is 19.8 Å². The van der Waals surface area contributed by atoms with E-state index in [9.17, 15) is 9.59 Å². The molecule has 0 unspecified atom stereocenters. The molecule has 0 amide bonds. The largest absolute Gasteiger partial charge is 0.481 e. The summed E-state index contributed by atoms with van der Waals surface area (Å²) in [6.07, 6.45) is -0.532. The summed E-state index contributed by atoms with van der Waals surface area (Å²) in [6, 6.07) is -1.29. The van der Waals surface area contributed by atoms with Gasteiger partial charge in [-0.3, -0.25) is 9.59 Å². The zero-order valence-electron chi connectivity index (χ0n) is 5.07. The lowest BCUT2D eigenvalue weighted by molar-refractivity contribution is -0.144. The Balaban J connectivity index is 0. The summed E-state index contributed by atoms with van der Waals surface area (Å²) in [6.45, 7) is 0. The van der Waals surface area contributed by atoms with Crippen molar-refractivity contribution in [3.8, 4) is 0 Å². The lowest BCUT2D eigenvalue weighted by atomic mass is 10.2. The number of rotatable bonds is 3. The molecule has 0 rings (SSSR count). The molecule has 1 atom stereocenters. The van der Waals surface area contributed by atoms with Crippen molar-refractivity contribution in [2.24, 2.45) is 5.73 Å². The number of nitrogens with two attached hydrogens (primary N) is 1. The van der Waals surface area contributed by atoms with Crippen molar-refractivity contribution in [3.05, 3.63) is 0 Å². The van der Waals surface area contributed by atoms with Crippen LogP contribution in [-0.4, -0.2) is 28.2 Å². The molecule has 0 aliphatic rings. The minimum atomic E-state index is -1.29. The van der Waals surface area contributed by atoms with Crippen molar-refractivity contribution in [3.63, 3.8) is 0 Å². The van der Waals surface area contributed by atoms with E-state index < -0.39 is 24.4 Å². The molecule has 0 saturated carbocycles. The van der Waals surface area contributed by atoms with E-state index in [4.69, 9.17) is 15.9 Å². The van der Waals surface area contributed by atoms with Gasteiger partial charge in [-0.05, 0) is 0 Å². The Morgan fingerprint density at radius 2 is 1.80 bits per heavy atom. The van der Waals surface area contributed by atoms with Gasteiger partial charge in [0.2, 0.25) is 0 Å². The highest BCUT2D eigenvalue weighted by atomic mass is 32.1. The van der Waals surface area contributed by atoms with Crippen LogP contribution in [0.15, 0.2) is 0 Å². The second-order valence-electron chi connectivity index (χ2n) is 1.54. The van der Waals surface area contributed by atoms with E-state index in [2.05, 4.69) is 0 Å². The molecule has 4 N–H and O–H groups in total. The summed E-state index contributed by atoms with van der Waals surface area (Å²) >= 11 is 0. The Morgan fingerprint density at radius 3 is 1.90 bits per heavy atom. The molecule has 0 aromatic carbocycles. The number of carboxylic acid groups (broad SMARTS) is 2. The fourth-order valence-corrected chi connectivity index (χ4v) is 0.275. The Morgan fingerprint density at radius 1 is 1.40 bits per heavy atom. The van der Waals surface area contributed by atoms with Gasteiger partial charge in [0, 0.05) is 0 Å². The normalized spacial score (nSPS) is 11.3. The third kappa shape index (κ3) is 5.39. The minimum absolute atomic E-state index is 0. The molecule has 0 aromatic rings. The van der Waals surface area contributed by atoms with Crippen LogP contribution in [0, 0.1) is 0 Å². The van der Waals surface area contributed by atoms with Gasteiger partial charge in [-0.2, -0.15) is 13.5 Å². The van der Waals surface area contributed by atoms with Gasteiger partial charge in [0.1, 0.15) is 6.04 Å². The van der Waals surface area contributed by atoms with Crippen molar-refractivity contribution in [2.45, 2.75) is 12.5 Å². The van der Waals surface area contributed by atoms with Crippen LogP contribution in [0.25, 0.3) is 0 Å². The third-order valence-corrected chi connectivity index (χ3v) is 0.712. The van der Waals surface area contributed by atoms with E-state index in [0.29, 0.717) is 0 Å². The van der Waals surface area contributed by atoms with Crippen LogP contribution >= 0.6 is 13.5 Å². The van der Waals surface area contributed by atoms with Crippen LogP contribution in [0.5, 0.6) is 0 Å². The van der Waals surface area contributed by atoms with Gasteiger partial charge in [0.25, 0.3) is 0 Å². The second-order valence-corrected chi connectivity index (χ2v) is 1.54. The molecule has 0 radical (unpaired) electrons. The number of carbonyl (C=O) groups is 2. The topological polar surface area (TPSA) is 101 Å². The molecule has 0 saturated heterocycles. The van der Waals surface area contributed by atoms with Gasteiger partial charge in [-0.25, -0.2) is 0 Å². The fourth-order valence-electron chi connectivity index (χ4n) is 0.275. The smallest absolute Gasteiger partial charge is 0.321 e. The quantitative estimate of drug-likeness (QED) is 0.499. The lowest BCUT2D eigenvalue weighted by Gasteiger charge is -1.99. The van der Waals surface area contributed by atoms with E-state index in [1.807, 2.05) is 0 Å². The van der Waals surface area contributed by atoms with Crippen LogP contribution in [0.2, 0.25) is 0 Å². The Bertz CT molecular complexity index is 137. The maximum absolute atomic E-state index is 9.85. The van der Waals surface area contributed by atoms with E-state index in [0.717, 1.165) is 0 Å². The van der Waals surface area contributed by atoms with E-state index in [1.54, 1.807) is 0 Å². The van der Waals surface area contributed by atoms with Gasteiger partial charge < -0.3 is 15.9 Å². The number of hydrogen-bond acceptors (Lipinski definition) is 3. The van der Waals surface area contributed by atoms with Crippen molar-refractivity contribution in [1.29, 1.82) is 0 Å². The second kappa shape index (κ2) is 5.07. The summed E-state index contributed by atoms with van der Waals surface area (Å²) in [7, 11) is 0. The van der Waals surface area contributed by atoms with E-state index in [-0.39, 0.29) is 13.5 Å². The summed E-state index contributed by atoms with van der Waals surface area (Å²) in [5.41, 5.74) is 4.84. The van der Waals surface area contributed by atoms with Gasteiger partial charge >= 0.3 is 11.9 Å². The van der Waals surface area contributed by atoms with E-state index in [1.165, 1.54) is 0 Å². The molecule has 0 fully saturated rings. The molecule has 0 aliphatic heterocycles. The van der Waals surface area contributed by atoms with Crippen LogP contribution in [0.4, 0.5) is 0 Å². The van der Waals surface area contributed by atoms with Crippen LogP contribution in [-0.2, 0) is 9.59 Å². The predicted molar refractivity (Wildman–Crippen MR) is 38.2 cm³/mol. The van der Waals surface area contributed by atoms with E-state index >= 15 is 0 Å². The van der Waals surface area contributed by atoms with Crippen molar-refractivity contribution in [1.82, 2.24) is 0 Å².